The minimum Gasteiger partial charge on any atom is -0.495 e. The number of benzene rings is 2. The van der Waals surface area contributed by atoms with E-state index in [0.29, 0.717) is 23.0 Å². The number of ether oxygens (including phenoxy) is 1. The molecular weight excluding hydrogens is 359 g/mol. The number of anilines is 1. The van der Waals surface area contributed by atoms with Gasteiger partial charge in [-0.1, -0.05) is 35.3 Å². The molecule has 0 aromatic heterocycles. The van der Waals surface area contributed by atoms with Gasteiger partial charge < -0.3 is 10.1 Å². The van der Waals surface area contributed by atoms with Gasteiger partial charge in [-0.15, -0.1) is 0 Å². The Kier molecular flexibility index (Phi) is 5.84. The molecule has 0 spiro atoms. The molecule has 132 valence electrons. The van der Waals surface area contributed by atoms with Crippen molar-refractivity contribution in [1.29, 1.82) is 0 Å². The van der Waals surface area contributed by atoms with E-state index in [-0.39, 0.29) is 11.9 Å². The lowest BCUT2D eigenvalue weighted by Gasteiger charge is -2.24. The third-order valence-corrected chi connectivity index (χ3v) is 4.85. The Bertz CT molecular complexity index is 767. The highest BCUT2D eigenvalue weighted by Gasteiger charge is 2.27. The molecule has 1 unspecified atom stereocenters. The summed E-state index contributed by atoms with van der Waals surface area (Å²) in [7, 11) is 1.56. The van der Waals surface area contributed by atoms with Crippen LogP contribution in [0, 0.1) is 0 Å². The quantitative estimate of drug-likeness (QED) is 0.813. The molecule has 4 nitrogen and oxygen atoms in total. The topological polar surface area (TPSA) is 41.6 Å². The zero-order valence-electron chi connectivity index (χ0n) is 14.0. The second kappa shape index (κ2) is 8.09. The predicted octanol–water partition coefficient (Wildman–Crippen LogP) is 4.78. The van der Waals surface area contributed by atoms with Gasteiger partial charge >= 0.3 is 0 Å². The van der Waals surface area contributed by atoms with E-state index in [1.807, 2.05) is 18.2 Å². The molecule has 3 rings (SSSR count). The first-order valence-electron chi connectivity index (χ1n) is 8.19. The fourth-order valence-electron chi connectivity index (χ4n) is 3.26. The number of nitrogens with one attached hydrogen (secondary N) is 1. The van der Waals surface area contributed by atoms with Crippen molar-refractivity contribution < 1.29 is 9.53 Å². The number of rotatable bonds is 5. The van der Waals surface area contributed by atoms with Crippen LogP contribution in [-0.2, 0) is 4.79 Å². The molecule has 1 amide bonds. The molecule has 1 heterocycles. The second-order valence-electron chi connectivity index (χ2n) is 6.08. The molecule has 0 bridgehead atoms. The van der Waals surface area contributed by atoms with E-state index < -0.39 is 0 Å². The zero-order valence-corrected chi connectivity index (χ0v) is 15.5. The van der Waals surface area contributed by atoms with Crippen molar-refractivity contribution in [2.24, 2.45) is 0 Å². The molecule has 1 aliphatic rings. The average Bonchev–Trinajstić information content (AvgIpc) is 3.03. The summed E-state index contributed by atoms with van der Waals surface area (Å²) in [6, 6.07) is 13.2. The summed E-state index contributed by atoms with van der Waals surface area (Å²) in [5.74, 6) is 0.500. The van der Waals surface area contributed by atoms with Crippen LogP contribution >= 0.6 is 23.2 Å². The molecule has 0 aliphatic carbocycles. The molecule has 1 N–H and O–H groups in total. The molecule has 0 radical (unpaired) electrons. The first-order chi connectivity index (χ1) is 12.1. The van der Waals surface area contributed by atoms with Crippen molar-refractivity contribution in [3.63, 3.8) is 0 Å². The van der Waals surface area contributed by atoms with E-state index >= 15 is 0 Å². The normalized spacial score (nSPS) is 17.5. The van der Waals surface area contributed by atoms with E-state index in [9.17, 15) is 4.79 Å². The van der Waals surface area contributed by atoms with Crippen LogP contribution in [0.1, 0.15) is 24.4 Å². The highest BCUT2D eigenvalue weighted by Crippen LogP contribution is 2.33. The SMILES string of the molecule is COc1ccc(Cl)cc1NC(=O)CN1CCCC1c1cccc(Cl)c1. The Morgan fingerprint density at radius 2 is 2.04 bits per heavy atom. The lowest BCUT2D eigenvalue weighted by molar-refractivity contribution is -0.117. The van der Waals surface area contributed by atoms with Gasteiger partial charge in [0.15, 0.2) is 0 Å². The lowest BCUT2D eigenvalue weighted by atomic mass is 10.0. The van der Waals surface area contributed by atoms with Crippen LogP contribution in [0.2, 0.25) is 10.0 Å². The number of hydrogen-bond donors (Lipinski definition) is 1. The van der Waals surface area contributed by atoms with Crippen LogP contribution in [0.5, 0.6) is 5.75 Å². The Morgan fingerprint density at radius 1 is 1.24 bits per heavy atom. The van der Waals surface area contributed by atoms with E-state index in [4.69, 9.17) is 27.9 Å². The third-order valence-electron chi connectivity index (χ3n) is 4.38. The van der Waals surface area contributed by atoms with Gasteiger partial charge in [-0.3, -0.25) is 9.69 Å². The number of methoxy groups -OCH3 is 1. The second-order valence-corrected chi connectivity index (χ2v) is 6.95. The zero-order chi connectivity index (χ0) is 17.8. The summed E-state index contributed by atoms with van der Waals surface area (Å²) in [5.41, 5.74) is 1.73. The summed E-state index contributed by atoms with van der Waals surface area (Å²) >= 11 is 12.1. The summed E-state index contributed by atoms with van der Waals surface area (Å²) in [6.45, 7) is 1.20. The number of carbonyl (C=O) groups is 1. The van der Waals surface area contributed by atoms with Crippen molar-refractivity contribution in [2.45, 2.75) is 18.9 Å². The van der Waals surface area contributed by atoms with Gasteiger partial charge in [0.1, 0.15) is 5.75 Å². The fourth-order valence-corrected chi connectivity index (χ4v) is 3.63. The Balaban J connectivity index is 1.69. The maximum absolute atomic E-state index is 12.5. The van der Waals surface area contributed by atoms with Crippen LogP contribution < -0.4 is 10.1 Å². The van der Waals surface area contributed by atoms with Crippen LogP contribution in [0.3, 0.4) is 0 Å². The molecule has 25 heavy (non-hydrogen) atoms. The average molecular weight is 379 g/mol. The maximum atomic E-state index is 12.5. The molecule has 2 aromatic rings. The Labute approximate surface area is 157 Å². The summed E-state index contributed by atoms with van der Waals surface area (Å²) < 4.78 is 5.27. The Hall–Kier alpha value is -1.75. The van der Waals surface area contributed by atoms with Gasteiger partial charge in [-0.25, -0.2) is 0 Å². The third kappa shape index (κ3) is 4.46. The van der Waals surface area contributed by atoms with Gasteiger partial charge in [0.25, 0.3) is 0 Å². The van der Waals surface area contributed by atoms with Gasteiger partial charge in [-0.05, 0) is 55.3 Å². The monoisotopic (exact) mass is 378 g/mol. The predicted molar refractivity (Wildman–Crippen MR) is 102 cm³/mol. The minimum atomic E-state index is -0.0884. The van der Waals surface area contributed by atoms with Crippen LogP contribution in [0.15, 0.2) is 42.5 Å². The van der Waals surface area contributed by atoms with Crippen molar-refractivity contribution in [3.05, 3.63) is 58.1 Å². The summed E-state index contributed by atoms with van der Waals surface area (Å²) in [4.78, 5) is 14.7. The number of halogens is 2. The first kappa shape index (κ1) is 18.1. The number of likely N-dealkylation sites (tertiary alicyclic amines) is 1. The van der Waals surface area contributed by atoms with E-state index in [0.717, 1.165) is 30.0 Å². The van der Waals surface area contributed by atoms with E-state index in [1.54, 1.807) is 25.3 Å². The first-order valence-corrected chi connectivity index (χ1v) is 8.95. The van der Waals surface area contributed by atoms with Crippen LogP contribution in [0.25, 0.3) is 0 Å². The highest BCUT2D eigenvalue weighted by molar-refractivity contribution is 6.31. The molecule has 0 saturated carbocycles. The van der Waals surface area contributed by atoms with Gasteiger partial charge in [-0.2, -0.15) is 0 Å². The molecule has 1 saturated heterocycles. The summed E-state index contributed by atoms with van der Waals surface area (Å²) in [6.07, 6.45) is 2.08. The highest BCUT2D eigenvalue weighted by atomic mass is 35.5. The molecule has 1 atom stereocenters. The van der Waals surface area contributed by atoms with Gasteiger partial charge in [0.05, 0.1) is 19.3 Å². The van der Waals surface area contributed by atoms with Crippen molar-refractivity contribution in [3.8, 4) is 5.75 Å². The number of amides is 1. The summed E-state index contributed by atoms with van der Waals surface area (Å²) in [5, 5.41) is 4.17. The van der Waals surface area contributed by atoms with Crippen LogP contribution in [0.4, 0.5) is 5.69 Å². The lowest BCUT2D eigenvalue weighted by Crippen LogP contribution is -2.33. The maximum Gasteiger partial charge on any atom is 0.238 e. The molecule has 2 aromatic carbocycles. The van der Waals surface area contributed by atoms with Gasteiger partial charge in [0, 0.05) is 16.1 Å². The van der Waals surface area contributed by atoms with Crippen molar-refractivity contribution in [1.82, 2.24) is 4.90 Å². The van der Waals surface area contributed by atoms with Crippen molar-refractivity contribution in [2.75, 3.05) is 25.5 Å². The number of nitrogens with zero attached hydrogens (tertiary/aromatic N) is 1. The van der Waals surface area contributed by atoms with Crippen LogP contribution in [-0.4, -0.2) is 31.0 Å². The molecular formula is C19H20Cl2N2O2. The number of carbonyl (C=O) groups excluding carboxylic acids is 1. The van der Waals surface area contributed by atoms with E-state index in [2.05, 4.69) is 16.3 Å². The molecule has 1 fully saturated rings. The molecule has 1 aliphatic heterocycles. The molecule has 6 heteroatoms. The number of hydrogen-bond acceptors (Lipinski definition) is 3. The Morgan fingerprint density at radius 3 is 2.80 bits per heavy atom. The van der Waals surface area contributed by atoms with Crippen molar-refractivity contribution >= 4 is 34.8 Å². The van der Waals surface area contributed by atoms with E-state index in [1.165, 1.54) is 0 Å². The largest absolute Gasteiger partial charge is 0.495 e. The van der Waals surface area contributed by atoms with Gasteiger partial charge in [0.2, 0.25) is 5.91 Å². The smallest absolute Gasteiger partial charge is 0.238 e. The fraction of sp³-hybridized carbons (Fsp3) is 0.316. The standard InChI is InChI=1S/C19H20Cl2N2O2/c1-25-18-8-7-15(21)11-16(18)22-19(24)12-23-9-3-6-17(23)13-4-2-5-14(20)10-13/h2,4-5,7-8,10-11,17H,3,6,9,12H2,1H3,(H,22,24). The minimum absolute atomic E-state index is 0.0884.